The van der Waals surface area contributed by atoms with E-state index in [0.29, 0.717) is 0 Å². The molecule has 2 amide bonds. The molecule has 0 spiro atoms. The fraction of sp³-hybridized carbons (Fsp3) is 0.250. The van der Waals surface area contributed by atoms with E-state index >= 15 is 0 Å². The number of rotatable bonds is 5. The number of nitrogens with one attached hydrogen (secondary N) is 1. The number of hydrogen-bond donors (Lipinski definition) is 2. The van der Waals surface area contributed by atoms with Crippen LogP contribution < -0.4 is 11.1 Å². The van der Waals surface area contributed by atoms with Gasteiger partial charge in [-0.1, -0.05) is 12.1 Å². The van der Waals surface area contributed by atoms with E-state index in [0.717, 1.165) is 0 Å². The van der Waals surface area contributed by atoms with E-state index in [9.17, 15) is 14.4 Å². The van der Waals surface area contributed by atoms with Crippen molar-refractivity contribution < 1.29 is 14.4 Å². The summed E-state index contributed by atoms with van der Waals surface area (Å²) < 4.78 is 0. The molecule has 0 aliphatic carbocycles. The van der Waals surface area contributed by atoms with E-state index in [1.165, 1.54) is 19.1 Å². The van der Waals surface area contributed by atoms with Crippen molar-refractivity contribution in [1.29, 1.82) is 0 Å². The van der Waals surface area contributed by atoms with Gasteiger partial charge >= 0.3 is 0 Å². The van der Waals surface area contributed by atoms with Crippen LogP contribution in [-0.4, -0.2) is 24.1 Å². The molecule has 1 aromatic rings. The molecule has 0 heterocycles. The quantitative estimate of drug-likeness (QED) is 0.777. The van der Waals surface area contributed by atoms with E-state index < -0.39 is 11.8 Å². The largest absolute Gasteiger partial charge is 0.366 e. The topological polar surface area (TPSA) is 89.3 Å². The standard InChI is InChI=1S/C12H14N2O3/c1-8(15)6-7-14-12(17)10-5-3-2-4-9(10)11(13)16/h2-5H,6-7H2,1H3,(H2,13,16)(H,14,17). The van der Waals surface area contributed by atoms with Crippen molar-refractivity contribution >= 4 is 17.6 Å². The summed E-state index contributed by atoms with van der Waals surface area (Å²) in [6, 6.07) is 6.28. The molecular formula is C12H14N2O3. The van der Waals surface area contributed by atoms with Crippen LogP contribution >= 0.6 is 0 Å². The van der Waals surface area contributed by atoms with Crippen molar-refractivity contribution in [3.8, 4) is 0 Å². The molecule has 0 atom stereocenters. The molecule has 0 aliphatic heterocycles. The van der Waals surface area contributed by atoms with Crippen LogP contribution in [0.5, 0.6) is 0 Å². The maximum Gasteiger partial charge on any atom is 0.252 e. The number of ketones is 1. The lowest BCUT2D eigenvalue weighted by molar-refractivity contribution is -0.116. The minimum Gasteiger partial charge on any atom is -0.366 e. The molecular weight excluding hydrogens is 220 g/mol. The zero-order valence-electron chi connectivity index (χ0n) is 9.53. The van der Waals surface area contributed by atoms with Gasteiger partial charge < -0.3 is 11.1 Å². The Morgan fingerprint density at radius 2 is 1.76 bits per heavy atom. The van der Waals surface area contributed by atoms with E-state index in [1.807, 2.05) is 0 Å². The maximum atomic E-state index is 11.7. The van der Waals surface area contributed by atoms with Crippen molar-refractivity contribution in [2.45, 2.75) is 13.3 Å². The number of Topliss-reactive ketones (excluding diaryl/α,β-unsaturated/α-hetero) is 1. The zero-order valence-corrected chi connectivity index (χ0v) is 9.53. The van der Waals surface area contributed by atoms with Crippen molar-refractivity contribution in [1.82, 2.24) is 5.32 Å². The lowest BCUT2D eigenvalue weighted by atomic mass is 10.1. The first-order chi connectivity index (χ1) is 8.02. The molecule has 0 fully saturated rings. The van der Waals surface area contributed by atoms with Crippen LogP contribution in [0.2, 0.25) is 0 Å². The first-order valence-electron chi connectivity index (χ1n) is 5.19. The molecule has 0 aliphatic rings. The van der Waals surface area contributed by atoms with Crippen molar-refractivity contribution in [3.05, 3.63) is 35.4 Å². The van der Waals surface area contributed by atoms with Crippen molar-refractivity contribution in [2.24, 2.45) is 5.73 Å². The highest BCUT2D eigenvalue weighted by molar-refractivity contribution is 6.06. The van der Waals surface area contributed by atoms with Crippen molar-refractivity contribution in [2.75, 3.05) is 6.54 Å². The summed E-state index contributed by atoms with van der Waals surface area (Å²) in [5.41, 5.74) is 5.56. The number of carbonyl (C=O) groups excluding carboxylic acids is 3. The van der Waals surface area contributed by atoms with Gasteiger partial charge in [0.15, 0.2) is 0 Å². The molecule has 1 rings (SSSR count). The average Bonchev–Trinajstić information content (AvgIpc) is 2.28. The Kier molecular flexibility index (Phi) is 4.39. The number of amides is 2. The minimum atomic E-state index is -0.651. The Hall–Kier alpha value is -2.17. The fourth-order valence-corrected chi connectivity index (χ4v) is 1.34. The lowest BCUT2D eigenvalue weighted by Gasteiger charge is -2.07. The number of nitrogens with two attached hydrogens (primary N) is 1. The highest BCUT2D eigenvalue weighted by Gasteiger charge is 2.13. The second-order valence-corrected chi connectivity index (χ2v) is 3.62. The number of benzene rings is 1. The molecule has 5 nitrogen and oxygen atoms in total. The van der Waals surface area contributed by atoms with Gasteiger partial charge in [0.1, 0.15) is 5.78 Å². The third kappa shape index (κ3) is 3.71. The first kappa shape index (κ1) is 12.9. The van der Waals surface area contributed by atoms with Gasteiger partial charge in [0.05, 0.1) is 11.1 Å². The zero-order chi connectivity index (χ0) is 12.8. The Balaban J connectivity index is 2.75. The van der Waals surface area contributed by atoms with Crippen LogP contribution in [0.15, 0.2) is 24.3 Å². The summed E-state index contributed by atoms with van der Waals surface area (Å²) in [5, 5.41) is 2.56. The second-order valence-electron chi connectivity index (χ2n) is 3.62. The molecule has 0 radical (unpaired) electrons. The Morgan fingerprint density at radius 1 is 1.18 bits per heavy atom. The highest BCUT2D eigenvalue weighted by atomic mass is 16.2. The van der Waals surface area contributed by atoms with E-state index in [2.05, 4.69) is 5.32 Å². The predicted octanol–water partition coefficient (Wildman–Crippen LogP) is 0.494. The molecule has 0 unspecified atom stereocenters. The summed E-state index contributed by atoms with van der Waals surface area (Å²) >= 11 is 0. The molecule has 1 aromatic carbocycles. The number of primary amides is 1. The Bertz CT molecular complexity index is 455. The van der Waals surface area contributed by atoms with Crippen LogP contribution in [-0.2, 0) is 4.79 Å². The molecule has 3 N–H and O–H groups in total. The van der Waals surface area contributed by atoms with Crippen LogP contribution in [0.1, 0.15) is 34.1 Å². The normalized spacial score (nSPS) is 9.71. The molecule has 0 saturated heterocycles. The summed E-state index contributed by atoms with van der Waals surface area (Å²) in [6.07, 6.45) is 0.268. The molecule has 0 aromatic heterocycles. The van der Waals surface area contributed by atoms with Crippen LogP contribution in [0, 0.1) is 0 Å². The molecule has 0 saturated carbocycles. The summed E-state index contributed by atoms with van der Waals surface area (Å²) in [4.78, 5) is 33.5. The molecule has 0 bridgehead atoms. The van der Waals surface area contributed by atoms with E-state index in [-0.39, 0.29) is 29.9 Å². The van der Waals surface area contributed by atoms with Gasteiger partial charge in [-0.2, -0.15) is 0 Å². The predicted molar refractivity (Wildman–Crippen MR) is 62.6 cm³/mol. The van der Waals surface area contributed by atoms with E-state index in [1.54, 1.807) is 12.1 Å². The number of hydrogen-bond acceptors (Lipinski definition) is 3. The van der Waals surface area contributed by atoms with Gasteiger partial charge in [-0.15, -0.1) is 0 Å². The lowest BCUT2D eigenvalue weighted by Crippen LogP contribution is -2.28. The Labute approximate surface area is 99.0 Å². The van der Waals surface area contributed by atoms with Crippen molar-refractivity contribution in [3.63, 3.8) is 0 Å². The SMILES string of the molecule is CC(=O)CCNC(=O)c1ccccc1C(N)=O. The van der Waals surface area contributed by atoms with E-state index in [4.69, 9.17) is 5.73 Å². The van der Waals surface area contributed by atoms with Gasteiger partial charge in [-0.3, -0.25) is 14.4 Å². The van der Waals surface area contributed by atoms with Gasteiger partial charge in [-0.05, 0) is 19.1 Å². The molecule has 17 heavy (non-hydrogen) atoms. The smallest absolute Gasteiger partial charge is 0.252 e. The summed E-state index contributed by atoms with van der Waals surface area (Å²) in [6.45, 7) is 1.70. The fourth-order valence-electron chi connectivity index (χ4n) is 1.34. The number of carbonyl (C=O) groups is 3. The average molecular weight is 234 g/mol. The Morgan fingerprint density at radius 3 is 2.29 bits per heavy atom. The maximum absolute atomic E-state index is 11.7. The molecule has 90 valence electrons. The minimum absolute atomic E-state index is 0.00603. The third-order valence-electron chi connectivity index (χ3n) is 2.20. The monoisotopic (exact) mass is 234 g/mol. The summed E-state index contributed by atoms with van der Waals surface area (Å²) in [7, 11) is 0. The molecule has 5 heteroatoms. The third-order valence-corrected chi connectivity index (χ3v) is 2.20. The van der Waals surface area contributed by atoms with Crippen LogP contribution in [0.4, 0.5) is 0 Å². The van der Waals surface area contributed by atoms with Crippen LogP contribution in [0.3, 0.4) is 0 Å². The van der Waals surface area contributed by atoms with Gasteiger partial charge in [-0.25, -0.2) is 0 Å². The second kappa shape index (κ2) is 5.79. The van der Waals surface area contributed by atoms with Gasteiger partial charge in [0, 0.05) is 13.0 Å². The highest BCUT2D eigenvalue weighted by Crippen LogP contribution is 2.07. The van der Waals surface area contributed by atoms with Gasteiger partial charge in [0.2, 0.25) is 5.91 Å². The van der Waals surface area contributed by atoms with Crippen LogP contribution in [0.25, 0.3) is 0 Å². The first-order valence-corrected chi connectivity index (χ1v) is 5.19. The van der Waals surface area contributed by atoms with Gasteiger partial charge in [0.25, 0.3) is 5.91 Å². The summed E-state index contributed by atoms with van der Waals surface area (Å²) in [5.74, 6) is -1.06.